The molecule has 1 aromatic heterocycles. The minimum atomic E-state index is -0.0250. The number of rotatable bonds is 4. The van der Waals surface area contributed by atoms with E-state index in [1.54, 1.807) is 0 Å². The third kappa shape index (κ3) is 2.64. The zero-order valence-corrected chi connectivity index (χ0v) is 11.3. The Balaban J connectivity index is 2.33. The van der Waals surface area contributed by atoms with Gasteiger partial charge in [-0.15, -0.1) is 11.6 Å². The lowest BCUT2D eigenvalue weighted by Crippen LogP contribution is -2.24. The molecule has 5 heteroatoms. The number of hydrogen-bond acceptors (Lipinski definition) is 2. The summed E-state index contributed by atoms with van der Waals surface area (Å²) in [6, 6.07) is 6.12. The van der Waals surface area contributed by atoms with Crippen molar-refractivity contribution in [2.75, 3.05) is 6.54 Å². The highest BCUT2D eigenvalue weighted by atomic mass is 35.5. The van der Waals surface area contributed by atoms with Gasteiger partial charge in [0.1, 0.15) is 5.82 Å². The van der Waals surface area contributed by atoms with Crippen LogP contribution in [0.25, 0.3) is 11.0 Å². The second-order valence-corrected chi connectivity index (χ2v) is 4.56. The first-order chi connectivity index (χ1) is 8.61. The number of carbonyl (C=O) groups is 1. The summed E-state index contributed by atoms with van der Waals surface area (Å²) >= 11 is 5.91. The lowest BCUT2D eigenvalue weighted by Gasteiger charge is -2.08. The maximum Gasteiger partial charge on any atom is 0.216 e. The molecule has 96 valence electrons. The van der Waals surface area contributed by atoms with Gasteiger partial charge in [-0.05, 0) is 24.6 Å². The molecule has 18 heavy (non-hydrogen) atoms. The van der Waals surface area contributed by atoms with Gasteiger partial charge in [-0.1, -0.05) is 6.07 Å². The number of imidazole rings is 1. The van der Waals surface area contributed by atoms with Crippen molar-refractivity contribution in [2.24, 2.45) is 0 Å². The van der Waals surface area contributed by atoms with Crippen LogP contribution >= 0.6 is 11.6 Å². The Morgan fingerprint density at radius 2 is 2.28 bits per heavy atom. The molecule has 0 bridgehead atoms. The Kier molecular flexibility index (Phi) is 3.87. The normalized spacial score (nSPS) is 10.8. The molecule has 0 fully saturated rings. The van der Waals surface area contributed by atoms with Gasteiger partial charge in [0.25, 0.3) is 0 Å². The highest BCUT2D eigenvalue weighted by Gasteiger charge is 2.09. The van der Waals surface area contributed by atoms with Crippen molar-refractivity contribution in [3.63, 3.8) is 0 Å². The third-order valence-corrected chi connectivity index (χ3v) is 3.05. The predicted octanol–water partition coefficient (Wildman–Crippen LogP) is 2.22. The number of nitrogens with one attached hydrogen (secondary N) is 1. The lowest BCUT2D eigenvalue weighted by molar-refractivity contribution is -0.118. The molecule has 0 aliphatic heterocycles. The lowest BCUT2D eigenvalue weighted by atomic mass is 10.2. The van der Waals surface area contributed by atoms with Crippen LogP contribution < -0.4 is 5.32 Å². The molecule has 0 aliphatic rings. The molecule has 4 nitrogen and oxygen atoms in total. The van der Waals surface area contributed by atoms with Crippen molar-refractivity contribution in [2.45, 2.75) is 26.3 Å². The van der Waals surface area contributed by atoms with Gasteiger partial charge in [-0.2, -0.15) is 0 Å². The van der Waals surface area contributed by atoms with Crippen LogP contribution in [0.1, 0.15) is 18.3 Å². The molecular formula is C13H16ClN3O. The van der Waals surface area contributed by atoms with Crippen LogP contribution in [-0.4, -0.2) is 22.0 Å². The molecule has 1 aromatic carbocycles. The molecule has 0 saturated carbocycles. The summed E-state index contributed by atoms with van der Waals surface area (Å²) in [6.07, 6.45) is 0. The molecule has 1 amide bonds. The van der Waals surface area contributed by atoms with Crippen LogP contribution in [0.4, 0.5) is 0 Å². The minimum absolute atomic E-state index is 0.0250. The summed E-state index contributed by atoms with van der Waals surface area (Å²) in [6.45, 7) is 4.82. The maximum atomic E-state index is 10.9. The third-order valence-electron chi connectivity index (χ3n) is 2.81. The van der Waals surface area contributed by atoms with Gasteiger partial charge in [0.05, 0.1) is 16.9 Å². The van der Waals surface area contributed by atoms with Crippen molar-refractivity contribution in [3.8, 4) is 0 Å². The van der Waals surface area contributed by atoms with Crippen molar-refractivity contribution < 1.29 is 4.79 Å². The summed E-state index contributed by atoms with van der Waals surface area (Å²) in [5.74, 6) is 1.18. The quantitative estimate of drug-likeness (QED) is 0.862. The molecule has 0 saturated heterocycles. The molecule has 0 radical (unpaired) electrons. The minimum Gasteiger partial charge on any atom is -0.355 e. The van der Waals surface area contributed by atoms with Gasteiger partial charge in [0.2, 0.25) is 5.91 Å². The average Bonchev–Trinajstić information content (AvgIpc) is 2.66. The number of halogens is 1. The molecule has 1 N–H and O–H groups in total. The van der Waals surface area contributed by atoms with Gasteiger partial charge in [-0.25, -0.2) is 4.98 Å². The van der Waals surface area contributed by atoms with Crippen molar-refractivity contribution >= 4 is 28.5 Å². The van der Waals surface area contributed by atoms with E-state index in [-0.39, 0.29) is 5.91 Å². The maximum absolute atomic E-state index is 10.9. The molecule has 2 aromatic rings. The molecule has 0 unspecified atom stereocenters. The monoisotopic (exact) mass is 265 g/mol. The fourth-order valence-electron chi connectivity index (χ4n) is 1.98. The zero-order valence-electron chi connectivity index (χ0n) is 10.5. The van der Waals surface area contributed by atoms with Crippen molar-refractivity contribution in [1.29, 1.82) is 0 Å². The SMILES string of the molecule is CC(=O)NCCn1c(CCl)nc2ccc(C)cc21. The summed E-state index contributed by atoms with van der Waals surface area (Å²) in [7, 11) is 0. The van der Waals surface area contributed by atoms with Crippen LogP contribution in [0.3, 0.4) is 0 Å². The van der Waals surface area contributed by atoms with Crippen molar-refractivity contribution in [3.05, 3.63) is 29.6 Å². The largest absolute Gasteiger partial charge is 0.355 e. The van der Waals surface area contributed by atoms with E-state index >= 15 is 0 Å². The summed E-state index contributed by atoms with van der Waals surface area (Å²) in [4.78, 5) is 15.4. The Labute approximate surface area is 111 Å². The fraction of sp³-hybridized carbons (Fsp3) is 0.385. The first-order valence-corrected chi connectivity index (χ1v) is 6.41. The Hall–Kier alpha value is -1.55. The second kappa shape index (κ2) is 5.40. The van der Waals surface area contributed by atoms with E-state index in [9.17, 15) is 4.79 Å². The van der Waals surface area contributed by atoms with Gasteiger partial charge >= 0.3 is 0 Å². The predicted molar refractivity (Wildman–Crippen MR) is 72.7 cm³/mol. The van der Waals surface area contributed by atoms with Crippen LogP contribution in [0.2, 0.25) is 0 Å². The van der Waals surface area contributed by atoms with Gasteiger partial charge in [0.15, 0.2) is 0 Å². The van der Waals surface area contributed by atoms with E-state index < -0.39 is 0 Å². The number of amides is 1. The number of aromatic nitrogens is 2. The number of aryl methyl sites for hydroxylation is 1. The van der Waals surface area contributed by atoms with E-state index in [2.05, 4.69) is 20.9 Å². The van der Waals surface area contributed by atoms with Crippen LogP contribution in [0, 0.1) is 6.92 Å². The summed E-state index contributed by atoms with van der Waals surface area (Å²) < 4.78 is 2.06. The average molecular weight is 266 g/mol. The highest BCUT2D eigenvalue weighted by Crippen LogP contribution is 2.18. The van der Waals surface area contributed by atoms with Crippen LogP contribution in [0.15, 0.2) is 18.2 Å². The number of fused-ring (bicyclic) bond motifs is 1. The first-order valence-electron chi connectivity index (χ1n) is 5.88. The fourth-order valence-corrected chi connectivity index (χ4v) is 2.18. The molecule has 0 aliphatic carbocycles. The standard InChI is InChI=1S/C13H16ClN3O/c1-9-3-4-11-12(7-9)17(13(8-14)16-11)6-5-15-10(2)18/h3-4,7H,5-6,8H2,1-2H3,(H,15,18). The van der Waals surface area contributed by atoms with Crippen LogP contribution in [0.5, 0.6) is 0 Å². The van der Waals surface area contributed by atoms with Crippen molar-refractivity contribution in [1.82, 2.24) is 14.9 Å². The van der Waals surface area contributed by atoms with E-state index in [4.69, 9.17) is 11.6 Å². The number of carbonyl (C=O) groups excluding carboxylic acids is 1. The van der Waals surface area contributed by atoms with E-state index in [1.165, 1.54) is 12.5 Å². The summed E-state index contributed by atoms with van der Waals surface area (Å²) in [5.41, 5.74) is 3.19. The van der Waals surface area contributed by atoms with E-state index in [0.717, 1.165) is 16.9 Å². The molecular weight excluding hydrogens is 250 g/mol. The summed E-state index contributed by atoms with van der Waals surface area (Å²) in [5, 5.41) is 2.78. The zero-order chi connectivity index (χ0) is 13.1. The number of alkyl halides is 1. The van der Waals surface area contributed by atoms with Gasteiger partial charge < -0.3 is 9.88 Å². The Bertz CT molecular complexity index is 577. The number of nitrogens with zero attached hydrogens (tertiary/aromatic N) is 2. The van der Waals surface area contributed by atoms with Gasteiger partial charge in [-0.3, -0.25) is 4.79 Å². The second-order valence-electron chi connectivity index (χ2n) is 4.29. The van der Waals surface area contributed by atoms with Gasteiger partial charge in [0, 0.05) is 20.0 Å². The Morgan fingerprint density at radius 3 is 2.94 bits per heavy atom. The topological polar surface area (TPSA) is 46.9 Å². The number of benzene rings is 1. The van der Waals surface area contributed by atoms with E-state index in [0.29, 0.717) is 19.0 Å². The van der Waals surface area contributed by atoms with E-state index in [1.807, 2.05) is 19.1 Å². The molecule has 2 rings (SSSR count). The Morgan fingerprint density at radius 1 is 1.50 bits per heavy atom. The molecule has 0 spiro atoms. The highest BCUT2D eigenvalue weighted by molar-refractivity contribution is 6.16. The molecule has 1 heterocycles. The molecule has 0 atom stereocenters. The smallest absolute Gasteiger partial charge is 0.216 e. The number of hydrogen-bond donors (Lipinski definition) is 1. The first kappa shape index (κ1) is 12.9. The van der Waals surface area contributed by atoms with Crippen LogP contribution in [-0.2, 0) is 17.2 Å².